The SMILES string of the molecule is O=C1[C@]2(c3ccccc3)c3ccccc3[C@@]1(c1ccccc1)c1c2c2ccccc2c2ccccc12. The Bertz CT molecular complexity index is 1720. The van der Waals surface area contributed by atoms with Gasteiger partial charge in [0.2, 0.25) is 0 Å². The van der Waals surface area contributed by atoms with Crippen LogP contribution in [0.3, 0.4) is 0 Å². The Morgan fingerprint density at radius 3 is 1.11 bits per heavy atom. The van der Waals surface area contributed by atoms with Crippen molar-refractivity contribution in [2.24, 2.45) is 0 Å². The lowest BCUT2D eigenvalue weighted by Crippen LogP contribution is -2.36. The van der Waals surface area contributed by atoms with Crippen molar-refractivity contribution in [3.05, 3.63) is 167 Å². The third-order valence-corrected chi connectivity index (χ3v) is 8.51. The third-order valence-electron chi connectivity index (χ3n) is 8.51. The van der Waals surface area contributed by atoms with Crippen LogP contribution in [0.25, 0.3) is 21.5 Å². The molecule has 6 aromatic rings. The second kappa shape index (κ2) is 6.80. The van der Waals surface area contributed by atoms with Gasteiger partial charge in [-0.3, -0.25) is 4.79 Å². The maximum Gasteiger partial charge on any atom is 0.171 e. The summed E-state index contributed by atoms with van der Waals surface area (Å²) in [5, 5.41) is 4.72. The van der Waals surface area contributed by atoms with E-state index in [9.17, 15) is 0 Å². The number of benzene rings is 6. The minimum atomic E-state index is -0.868. The number of Topliss-reactive ketones (excluding diaryl/α,β-unsaturated/α-hetero) is 1. The van der Waals surface area contributed by atoms with Crippen LogP contribution in [0.1, 0.15) is 33.4 Å². The van der Waals surface area contributed by atoms with Crippen LogP contribution in [-0.2, 0) is 15.6 Å². The van der Waals surface area contributed by atoms with Crippen molar-refractivity contribution in [3.8, 4) is 0 Å². The monoisotopic (exact) mass is 458 g/mol. The van der Waals surface area contributed by atoms with E-state index in [1.807, 2.05) is 12.1 Å². The molecule has 1 heteroatoms. The molecule has 2 aliphatic rings. The smallest absolute Gasteiger partial charge is 0.171 e. The minimum Gasteiger partial charge on any atom is -0.296 e. The molecule has 0 heterocycles. The van der Waals surface area contributed by atoms with Crippen LogP contribution in [0.15, 0.2) is 133 Å². The van der Waals surface area contributed by atoms with Crippen molar-refractivity contribution in [3.63, 3.8) is 0 Å². The van der Waals surface area contributed by atoms with E-state index in [0.717, 1.165) is 44.2 Å². The second-order valence-electron chi connectivity index (χ2n) is 9.95. The van der Waals surface area contributed by atoms with Crippen molar-refractivity contribution in [2.45, 2.75) is 10.8 Å². The Hall–Kier alpha value is -4.49. The summed E-state index contributed by atoms with van der Waals surface area (Å²) in [5.41, 5.74) is 4.86. The first-order chi connectivity index (χ1) is 17.8. The molecule has 2 atom stereocenters. The summed E-state index contributed by atoms with van der Waals surface area (Å²) >= 11 is 0. The molecular weight excluding hydrogens is 436 g/mol. The molecule has 168 valence electrons. The molecule has 6 aromatic carbocycles. The Balaban J connectivity index is 1.72. The Morgan fingerprint density at radius 1 is 0.361 bits per heavy atom. The average molecular weight is 459 g/mol. The molecule has 8 rings (SSSR count). The van der Waals surface area contributed by atoms with Gasteiger partial charge in [-0.1, -0.05) is 133 Å². The molecule has 0 spiro atoms. The van der Waals surface area contributed by atoms with Gasteiger partial charge in [-0.15, -0.1) is 0 Å². The van der Waals surface area contributed by atoms with Gasteiger partial charge < -0.3 is 0 Å². The van der Waals surface area contributed by atoms with Crippen LogP contribution in [-0.4, -0.2) is 5.78 Å². The fraction of sp³-hybridized carbons (Fsp3) is 0.0571. The van der Waals surface area contributed by atoms with Crippen LogP contribution < -0.4 is 0 Å². The first kappa shape index (κ1) is 19.8. The van der Waals surface area contributed by atoms with Crippen LogP contribution in [0.2, 0.25) is 0 Å². The fourth-order valence-electron chi connectivity index (χ4n) is 7.32. The van der Waals surface area contributed by atoms with Gasteiger partial charge in [0.05, 0.1) is 0 Å². The molecule has 0 aliphatic heterocycles. The van der Waals surface area contributed by atoms with Gasteiger partial charge in [0.15, 0.2) is 5.78 Å². The Kier molecular flexibility index (Phi) is 3.74. The molecule has 0 aromatic heterocycles. The molecule has 2 bridgehead atoms. The highest BCUT2D eigenvalue weighted by Gasteiger charge is 2.70. The van der Waals surface area contributed by atoms with Gasteiger partial charge >= 0.3 is 0 Å². The standard InChI is InChI=1S/C35H22O/c36-33-34(23-13-3-1-4-14-23)29-21-11-12-22-30(29)35(33,24-15-5-2-6-16-24)32-28-20-10-8-18-26(28)25-17-7-9-19-27(25)31(32)34/h1-22H/t34-,35+. The molecule has 0 radical (unpaired) electrons. The molecule has 0 N–H and O–H groups in total. The summed E-state index contributed by atoms with van der Waals surface area (Å²) in [6.45, 7) is 0. The lowest BCUT2D eigenvalue weighted by atomic mass is 9.66. The van der Waals surface area contributed by atoms with Crippen molar-refractivity contribution in [1.29, 1.82) is 0 Å². The summed E-state index contributed by atoms with van der Waals surface area (Å²) < 4.78 is 0. The van der Waals surface area contributed by atoms with Gasteiger partial charge in [-0.05, 0) is 54.9 Å². The van der Waals surface area contributed by atoms with Gasteiger partial charge in [0.25, 0.3) is 0 Å². The zero-order valence-corrected chi connectivity index (χ0v) is 19.6. The van der Waals surface area contributed by atoms with E-state index in [1.165, 1.54) is 10.8 Å². The molecule has 0 saturated carbocycles. The van der Waals surface area contributed by atoms with Crippen LogP contribution in [0.4, 0.5) is 0 Å². The van der Waals surface area contributed by atoms with Gasteiger partial charge in [0.1, 0.15) is 10.8 Å². The third kappa shape index (κ3) is 2.04. The molecule has 2 aliphatic carbocycles. The van der Waals surface area contributed by atoms with E-state index in [1.54, 1.807) is 0 Å². The highest BCUT2D eigenvalue weighted by Crippen LogP contribution is 2.68. The van der Waals surface area contributed by atoms with E-state index in [0.29, 0.717) is 0 Å². The van der Waals surface area contributed by atoms with Crippen LogP contribution in [0.5, 0.6) is 0 Å². The largest absolute Gasteiger partial charge is 0.296 e. The summed E-state index contributed by atoms with van der Waals surface area (Å²) in [6, 6.07) is 46.6. The predicted molar refractivity (Wildman–Crippen MR) is 146 cm³/mol. The zero-order chi connectivity index (χ0) is 23.9. The van der Waals surface area contributed by atoms with Crippen molar-refractivity contribution in [1.82, 2.24) is 0 Å². The lowest BCUT2D eigenvalue weighted by Gasteiger charge is -2.34. The summed E-state index contributed by atoms with van der Waals surface area (Å²) in [5.74, 6) is 0.241. The molecular formula is C35H22O. The number of carbonyl (C=O) groups is 1. The molecule has 1 nitrogen and oxygen atoms in total. The molecule has 0 saturated heterocycles. The maximum atomic E-state index is 15.4. The number of carbonyl (C=O) groups excluding carboxylic acids is 1. The normalized spacial score (nSPS) is 21.6. The van der Waals surface area contributed by atoms with Gasteiger partial charge in [-0.25, -0.2) is 0 Å². The number of hydrogen-bond donors (Lipinski definition) is 0. The van der Waals surface area contributed by atoms with Crippen LogP contribution >= 0.6 is 0 Å². The first-order valence-corrected chi connectivity index (χ1v) is 12.5. The van der Waals surface area contributed by atoms with Crippen molar-refractivity contribution in [2.75, 3.05) is 0 Å². The molecule has 0 unspecified atom stereocenters. The number of ketones is 1. The summed E-state index contributed by atoms with van der Waals surface area (Å²) in [6.07, 6.45) is 0. The van der Waals surface area contributed by atoms with Gasteiger partial charge in [-0.2, -0.15) is 0 Å². The van der Waals surface area contributed by atoms with E-state index < -0.39 is 10.8 Å². The van der Waals surface area contributed by atoms with Crippen molar-refractivity contribution < 1.29 is 4.79 Å². The van der Waals surface area contributed by atoms with Crippen molar-refractivity contribution >= 4 is 27.3 Å². The van der Waals surface area contributed by atoms with E-state index >= 15 is 4.79 Å². The maximum absolute atomic E-state index is 15.4. The summed E-state index contributed by atoms with van der Waals surface area (Å²) in [7, 11) is 0. The average Bonchev–Trinajstić information content (AvgIpc) is 3.34. The molecule has 0 fully saturated rings. The quantitative estimate of drug-likeness (QED) is 0.245. The zero-order valence-electron chi connectivity index (χ0n) is 19.6. The number of hydrogen-bond acceptors (Lipinski definition) is 1. The highest BCUT2D eigenvalue weighted by molar-refractivity contribution is 6.26. The summed E-state index contributed by atoms with van der Waals surface area (Å²) in [4.78, 5) is 15.4. The molecule has 0 amide bonds. The number of fused-ring (bicyclic) bond motifs is 13. The minimum absolute atomic E-state index is 0.241. The fourth-order valence-corrected chi connectivity index (χ4v) is 7.32. The van der Waals surface area contributed by atoms with E-state index in [4.69, 9.17) is 0 Å². The Labute approximate surface area is 209 Å². The highest BCUT2D eigenvalue weighted by atomic mass is 16.1. The van der Waals surface area contributed by atoms with Crippen LogP contribution in [0, 0.1) is 0 Å². The van der Waals surface area contributed by atoms with E-state index in [-0.39, 0.29) is 5.78 Å². The lowest BCUT2D eigenvalue weighted by molar-refractivity contribution is -0.122. The second-order valence-corrected chi connectivity index (χ2v) is 9.95. The van der Waals surface area contributed by atoms with E-state index in [2.05, 4.69) is 121 Å². The number of rotatable bonds is 2. The topological polar surface area (TPSA) is 17.1 Å². The molecule has 36 heavy (non-hydrogen) atoms. The first-order valence-electron chi connectivity index (χ1n) is 12.5. The van der Waals surface area contributed by atoms with Gasteiger partial charge in [0, 0.05) is 0 Å². The predicted octanol–water partition coefficient (Wildman–Crippen LogP) is 7.56. The Morgan fingerprint density at radius 2 is 0.694 bits per heavy atom.